The first-order valence-corrected chi connectivity index (χ1v) is 7.33. The van der Waals surface area contributed by atoms with Gasteiger partial charge in [0.1, 0.15) is 18.0 Å². The number of nitrogens with one attached hydrogen (secondary N) is 1. The average molecular weight is 264 g/mol. The van der Waals surface area contributed by atoms with Gasteiger partial charge in [0.25, 0.3) is 0 Å². The van der Waals surface area contributed by atoms with Crippen LogP contribution in [0.1, 0.15) is 58.9 Å². The van der Waals surface area contributed by atoms with Crippen LogP contribution in [-0.2, 0) is 6.42 Å². The molecule has 0 aliphatic heterocycles. The van der Waals surface area contributed by atoms with Crippen LogP contribution in [0.5, 0.6) is 0 Å². The average Bonchev–Trinajstić information content (AvgIpc) is 2.37. The molecule has 4 nitrogen and oxygen atoms in total. The Bertz CT molecular complexity index is 388. The van der Waals surface area contributed by atoms with E-state index < -0.39 is 0 Å². The summed E-state index contributed by atoms with van der Waals surface area (Å²) in [6.07, 6.45) is 7.48. The normalized spacial score (nSPS) is 11.6. The molecular formula is C15H28N4. The van der Waals surface area contributed by atoms with Crippen LogP contribution in [0.4, 0.5) is 11.6 Å². The first-order chi connectivity index (χ1) is 9.00. The maximum absolute atomic E-state index is 5.88. The number of hydrogen-bond acceptors (Lipinski definition) is 4. The van der Waals surface area contributed by atoms with Gasteiger partial charge in [-0.05, 0) is 18.3 Å². The molecule has 1 heterocycles. The molecule has 0 amide bonds. The lowest BCUT2D eigenvalue weighted by Crippen LogP contribution is -2.24. The zero-order chi connectivity index (χ0) is 14.3. The monoisotopic (exact) mass is 264 g/mol. The molecule has 0 aromatic carbocycles. The van der Waals surface area contributed by atoms with E-state index in [0.29, 0.717) is 5.82 Å². The number of nitrogen functional groups attached to an aromatic ring is 1. The molecule has 0 atom stereocenters. The highest BCUT2D eigenvalue weighted by Gasteiger charge is 2.18. The SMILES string of the molecule is CCCCCC(C)(C)CNc1ncnc(N)c1CC. The van der Waals surface area contributed by atoms with Crippen molar-refractivity contribution in [2.45, 2.75) is 59.8 Å². The van der Waals surface area contributed by atoms with Gasteiger partial charge < -0.3 is 11.1 Å². The van der Waals surface area contributed by atoms with Crippen LogP contribution >= 0.6 is 0 Å². The summed E-state index contributed by atoms with van der Waals surface area (Å²) in [5.41, 5.74) is 7.18. The number of anilines is 2. The van der Waals surface area contributed by atoms with E-state index in [4.69, 9.17) is 5.73 Å². The van der Waals surface area contributed by atoms with E-state index in [1.165, 1.54) is 32.0 Å². The van der Waals surface area contributed by atoms with E-state index in [1.54, 1.807) is 0 Å². The van der Waals surface area contributed by atoms with Crippen molar-refractivity contribution in [1.82, 2.24) is 9.97 Å². The molecule has 1 aromatic rings. The Hall–Kier alpha value is -1.32. The molecule has 1 rings (SSSR count). The molecule has 1 aromatic heterocycles. The predicted molar refractivity (Wildman–Crippen MR) is 82.2 cm³/mol. The van der Waals surface area contributed by atoms with Crippen molar-refractivity contribution in [3.8, 4) is 0 Å². The van der Waals surface area contributed by atoms with E-state index in [-0.39, 0.29) is 5.41 Å². The minimum absolute atomic E-state index is 0.278. The number of rotatable bonds is 8. The fourth-order valence-corrected chi connectivity index (χ4v) is 2.19. The van der Waals surface area contributed by atoms with Crippen LogP contribution in [0, 0.1) is 5.41 Å². The maximum atomic E-state index is 5.88. The van der Waals surface area contributed by atoms with Gasteiger partial charge in [0.05, 0.1) is 0 Å². The van der Waals surface area contributed by atoms with E-state index in [0.717, 1.165) is 24.3 Å². The summed E-state index contributed by atoms with van der Waals surface area (Å²) in [4.78, 5) is 8.35. The highest BCUT2D eigenvalue weighted by Crippen LogP contribution is 2.25. The molecule has 108 valence electrons. The predicted octanol–water partition coefficient (Wildman–Crippen LogP) is 3.64. The Morgan fingerprint density at radius 3 is 2.58 bits per heavy atom. The van der Waals surface area contributed by atoms with Gasteiger partial charge in [-0.2, -0.15) is 0 Å². The first-order valence-electron chi connectivity index (χ1n) is 7.33. The lowest BCUT2D eigenvalue weighted by atomic mass is 9.87. The molecule has 0 saturated heterocycles. The summed E-state index contributed by atoms with van der Waals surface area (Å²) in [5, 5.41) is 3.44. The van der Waals surface area contributed by atoms with Crippen molar-refractivity contribution >= 4 is 11.6 Å². The molecule has 0 aliphatic rings. The standard InChI is InChI=1S/C15H28N4/c1-5-7-8-9-15(3,4)10-17-14-12(6-2)13(16)18-11-19-14/h11H,5-10H2,1-4H3,(H3,16,17,18,19). The largest absolute Gasteiger partial charge is 0.383 e. The fourth-order valence-electron chi connectivity index (χ4n) is 2.19. The van der Waals surface area contributed by atoms with E-state index in [2.05, 4.69) is 43.0 Å². The zero-order valence-corrected chi connectivity index (χ0v) is 12.8. The number of unbranched alkanes of at least 4 members (excludes halogenated alkanes) is 2. The molecule has 0 radical (unpaired) electrons. The number of aromatic nitrogens is 2. The van der Waals surface area contributed by atoms with Gasteiger partial charge in [-0.25, -0.2) is 9.97 Å². The number of nitrogens with zero attached hydrogens (tertiary/aromatic N) is 2. The summed E-state index contributed by atoms with van der Waals surface area (Å²) in [7, 11) is 0. The van der Waals surface area contributed by atoms with Crippen LogP contribution in [0.25, 0.3) is 0 Å². The Labute approximate surface area is 117 Å². The Kier molecular flexibility index (Phi) is 6.06. The summed E-state index contributed by atoms with van der Waals surface area (Å²) >= 11 is 0. The lowest BCUT2D eigenvalue weighted by molar-refractivity contribution is 0.342. The molecule has 3 N–H and O–H groups in total. The summed E-state index contributed by atoms with van der Waals surface area (Å²) in [5.74, 6) is 1.47. The van der Waals surface area contributed by atoms with E-state index in [1.807, 2.05) is 0 Å². The van der Waals surface area contributed by atoms with Crippen LogP contribution in [0.15, 0.2) is 6.33 Å². The molecule has 0 unspecified atom stereocenters. The van der Waals surface area contributed by atoms with Crippen molar-refractivity contribution in [1.29, 1.82) is 0 Å². The van der Waals surface area contributed by atoms with Gasteiger partial charge in [-0.3, -0.25) is 0 Å². The third-order valence-electron chi connectivity index (χ3n) is 3.52. The molecule has 0 saturated carbocycles. The molecule has 0 bridgehead atoms. The second-order valence-corrected chi connectivity index (χ2v) is 5.91. The fraction of sp³-hybridized carbons (Fsp3) is 0.733. The molecule has 0 aliphatic carbocycles. The molecule has 19 heavy (non-hydrogen) atoms. The highest BCUT2D eigenvalue weighted by molar-refractivity contribution is 5.54. The van der Waals surface area contributed by atoms with Gasteiger partial charge in [0.2, 0.25) is 0 Å². The van der Waals surface area contributed by atoms with Gasteiger partial charge in [0, 0.05) is 12.1 Å². The number of hydrogen-bond donors (Lipinski definition) is 2. The van der Waals surface area contributed by atoms with E-state index >= 15 is 0 Å². The van der Waals surface area contributed by atoms with Crippen molar-refractivity contribution in [2.24, 2.45) is 5.41 Å². The van der Waals surface area contributed by atoms with E-state index in [9.17, 15) is 0 Å². The maximum Gasteiger partial charge on any atom is 0.134 e. The van der Waals surface area contributed by atoms with Crippen molar-refractivity contribution < 1.29 is 0 Å². The van der Waals surface area contributed by atoms with Crippen molar-refractivity contribution in [3.05, 3.63) is 11.9 Å². The van der Waals surface area contributed by atoms with Crippen LogP contribution in [-0.4, -0.2) is 16.5 Å². The van der Waals surface area contributed by atoms with Crippen molar-refractivity contribution in [2.75, 3.05) is 17.6 Å². The van der Waals surface area contributed by atoms with Crippen LogP contribution in [0.3, 0.4) is 0 Å². The molecule has 4 heteroatoms. The molecule has 0 fully saturated rings. The summed E-state index contributed by atoms with van der Waals surface area (Å²) < 4.78 is 0. The van der Waals surface area contributed by atoms with Crippen LogP contribution in [0.2, 0.25) is 0 Å². The highest BCUT2D eigenvalue weighted by atomic mass is 15.0. The Morgan fingerprint density at radius 1 is 1.21 bits per heavy atom. The van der Waals surface area contributed by atoms with Gasteiger partial charge in [0.15, 0.2) is 0 Å². The third kappa shape index (κ3) is 5.05. The minimum atomic E-state index is 0.278. The second kappa shape index (κ2) is 7.31. The minimum Gasteiger partial charge on any atom is -0.383 e. The van der Waals surface area contributed by atoms with Crippen molar-refractivity contribution in [3.63, 3.8) is 0 Å². The number of nitrogens with two attached hydrogens (primary N) is 1. The quantitative estimate of drug-likeness (QED) is 0.704. The second-order valence-electron chi connectivity index (χ2n) is 5.91. The van der Waals surface area contributed by atoms with Gasteiger partial charge >= 0.3 is 0 Å². The smallest absolute Gasteiger partial charge is 0.134 e. The Morgan fingerprint density at radius 2 is 1.95 bits per heavy atom. The zero-order valence-electron chi connectivity index (χ0n) is 12.8. The Balaban J connectivity index is 2.58. The first kappa shape index (κ1) is 15.7. The summed E-state index contributed by atoms with van der Waals surface area (Å²) in [6.45, 7) is 9.83. The van der Waals surface area contributed by atoms with Gasteiger partial charge in [-0.1, -0.05) is 47.0 Å². The molecule has 0 spiro atoms. The van der Waals surface area contributed by atoms with Crippen LogP contribution < -0.4 is 11.1 Å². The van der Waals surface area contributed by atoms with Gasteiger partial charge in [-0.15, -0.1) is 0 Å². The lowest BCUT2D eigenvalue weighted by Gasteiger charge is -2.26. The summed E-state index contributed by atoms with van der Waals surface area (Å²) in [6, 6.07) is 0. The molecular weight excluding hydrogens is 236 g/mol. The third-order valence-corrected chi connectivity index (χ3v) is 3.52. The topological polar surface area (TPSA) is 63.8 Å².